The summed E-state index contributed by atoms with van der Waals surface area (Å²) in [6.07, 6.45) is 0. The van der Waals surface area contributed by atoms with Gasteiger partial charge in [-0.3, -0.25) is 4.99 Å². The van der Waals surface area contributed by atoms with E-state index in [0.29, 0.717) is 0 Å². The van der Waals surface area contributed by atoms with E-state index in [-0.39, 0.29) is 0 Å². The fourth-order valence-electron chi connectivity index (χ4n) is 2.74. The fraction of sp³-hybridized carbons (Fsp3) is 0.333. The molecular formula is C18H23N5S. The molecule has 0 aliphatic rings. The fourth-order valence-corrected chi connectivity index (χ4v) is 3.57. The van der Waals surface area contributed by atoms with Crippen LogP contribution in [0.5, 0.6) is 0 Å². The molecule has 2 N–H and O–H groups in total. The van der Waals surface area contributed by atoms with Gasteiger partial charge in [0.2, 0.25) is 0 Å². The highest BCUT2D eigenvalue weighted by Crippen LogP contribution is 2.15. The monoisotopic (exact) mass is 341 g/mol. The van der Waals surface area contributed by atoms with E-state index in [1.165, 1.54) is 15.3 Å². The zero-order valence-electron chi connectivity index (χ0n) is 14.3. The lowest BCUT2D eigenvalue weighted by atomic mass is 10.3. The molecule has 0 aliphatic heterocycles. The Kier molecular flexibility index (Phi) is 5.15. The summed E-state index contributed by atoms with van der Waals surface area (Å²) in [5.41, 5.74) is 2.22. The van der Waals surface area contributed by atoms with Gasteiger partial charge in [-0.15, -0.1) is 11.3 Å². The van der Waals surface area contributed by atoms with Crippen LogP contribution in [-0.4, -0.2) is 29.1 Å². The number of nitrogens with one attached hydrogen (secondary N) is 2. The average molecular weight is 341 g/mol. The van der Waals surface area contributed by atoms with Crippen LogP contribution >= 0.6 is 11.3 Å². The van der Waals surface area contributed by atoms with E-state index in [1.807, 2.05) is 24.3 Å². The second-order valence-electron chi connectivity index (χ2n) is 5.66. The Labute approximate surface area is 146 Å². The van der Waals surface area contributed by atoms with E-state index in [2.05, 4.69) is 62.4 Å². The van der Waals surface area contributed by atoms with Crippen LogP contribution in [0.25, 0.3) is 11.0 Å². The molecule has 2 heterocycles. The van der Waals surface area contributed by atoms with Crippen molar-refractivity contribution in [1.82, 2.24) is 20.2 Å². The zero-order valence-corrected chi connectivity index (χ0v) is 15.2. The Balaban J connectivity index is 1.55. The van der Waals surface area contributed by atoms with Crippen LogP contribution in [0.3, 0.4) is 0 Å². The molecule has 24 heavy (non-hydrogen) atoms. The molecule has 126 valence electrons. The van der Waals surface area contributed by atoms with Gasteiger partial charge in [-0.25, -0.2) is 4.98 Å². The number of aromatic nitrogens is 2. The van der Waals surface area contributed by atoms with E-state index in [9.17, 15) is 0 Å². The van der Waals surface area contributed by atoms with Gasteiger partial charge in [-0.05, 0) is 38.1 Å². The predicted octanol–water partition coefficient (Wildman–Crippen LogP) is 3.08. The van der Waals surface area contributed by atoms with Gasteiger partial charge in [0.25, 0.3) is 0 Å². The molecule has 0 amide bonds. The van der Waals surface area contributed by atoms with Crippen LogP contribution in [0, 0.1) is 13.8 Å². The number of guanidine groups is 1. The third-order valence-electron chi connectivity index (χ3n) is 3.92. The van der Waals surface area contributed by atoms with Gasteiger partial charge in [-0.1, -0.05) is 12.1 Å². The number of imidazole rings is 1. The number of rotatable bonds is 5. The molecule has 5 nitrogen and oxygen atoms in total. The molecule has 0 radical (unpaired) electrons. The molecule has 0 saturated carbocycles. The number of benzene rings is 1. The van der Waals surface area contributed by atoms with E-state index in [1.54, 1.807) is 7.05 Å². The maximum atomic E-state index is 4.60. The second-order valence-corrected chi connectivity index (χ2v) is 7.04. The molecule has 0 saturated heterocycles. The topological polar surface area (TPSA) is 54.2 Å². The molecule has 0 fully saturated rings. The first-order chi connectivity index (χ1) is 11.7. The van der Waals surface area contributed by atoms with Crippen LogP contribution in [0.2, 0.25) is 0 Å². The predicted molar refractivity (Wildman–Crippen MR) is 102 cm³/mol. The number of hydrogen-bond donors (Lipinski definition) is 2. The molecule has 3 aromatic rings. The van der Waals surface area contributed by atoms with Gasteiger partial charge < -0.3 is 15.2 Å². The van der Waals surface area contributed by atoms with E-state index < -0.39 is 0 Å². The summed E-state index contributed by atoms with van der Waals surface area (Å²) in [5, 5.41) is 6.73. The SMILES string of the molecule is CN=C(NCCn1c(C)nc2ccccc21)NCc1ccc(C)s1. The van der Waals surface area contributed by atoms with E-state index >= 15 is 0 Å². The molecular weight excluding hydrogens is 318 g/mol. The summed E-state index contributed by atoms with van der Waals surface area (Å²) >= 11 is 1.81. The van der Waals surface area contributed by atoms with Crippen LogP contribution in [0.1, 0.15) is 15.6 Å². The molecule has 0 aliphatic carbocycles. The summed E-state index contributed by atoms with van der Waals surface area (Å²) in [5.74, 6) is 1.86. The minimum atomic E-state index is 0.796. The summed E-state index contributed by atoms with van der Waals surface area (Å²) in [4.78, 5) is 11.5. The highest BCUT2D eigenvalue weighted by molar-refractivity contribution is 7.11. The Bertz CT molecular complexity index is 846. The van der Waals surface area contributed by atoms with Crippen molar-refractivity contribution in [2.45, 2.75) is 26.9 Å². The second kappa shape index (κ2) is 7.49. The van der Waals surface area contributed by atoms with Crippen LogP contribution < -0.4 is 10.6 Å². The number of aliphatic imine (C=N–C) groups is 1. The lowest BCUT2D eigenvalue weighted by molar-refractivity contribution is 0.660. The Hall–Kier alpha value is -2.34. The number of nitrogens with zero attached hydrogens (tertiary/aromatic N) is 3. The summed E-state index contributed by atoms with van der Waals surface area (Å²) in [6.45, 7) is 6.62. The van der Waals surface area contributed by atoms with Gasteiger partial charge in [-0.2, -0.15) is 0 Å². The minimum absolute atomic E-state index is 0.796. The molecule has 0 atom stereocenters. The number of thiophene rings is 1. The summed E-state index contributed by atoms with van der Waals surface area (Å²) in [7, 11) is 1.80. The average Bonchev–Trinajstić information content (AvgIpc) is 3.14. The Morgan fingerprint density at radius 1 is 1.17 bits per heavy atom. The molecule has 3 rings (SSSR count). The van der Waals surface area contributed by atoms with Crippen LogP contribution in [0.4, 0.5) is 0 Å². The van der Waals surface area contributed by atoms with Crippen molar-refractivity contribution < 1.29 is 0 Å². The van der Waals surface area contributed by atoms with Gasteiger partial charge >= 0.3 is 0 Å². The maximum Gasteiger partial charge on any atom is 0.191 e. The maximum absolute atomic E-state index is 4.60. The minimum Gasteiger partial charge on any atom is -0.355 e. The van der Waals surface area contributed by atoms with Crippen molar-refractivity contribution in [3.63, 3.8) is 0 Å². The van der Waals surface area contributed by atoms with E-state index in [4.69, 9.17) is 0 Å². The third-order valence-corrected chi connectivity index (χ3v) is 4.92. The first-order valence-corrected chi connectivity index (χ1v) is 8.90. The van der Waals surface area contributed by atoms with Crippen LogP contribution in [-0.2, 0) is 13.1 Å². The largest absolute Gasteiger partial charge is 0.355 e. The lowest BCUT2D eigenvalue weighted by Gasteiger charge is -2.12. The third kappa shape index (κ3) is 3.76. The molecule has 0 bridgehead atoms. The Morgan fingerprint density at radius 2 is 2.00 bits per heavy atom. The van der Waals surface area contributed by atoms with Crippen molar-refractivity contribution in [1.29, 1.82) is 0 Å². The number of hydrogen-bond acceptors (Lipinski definition) is 3. The standard InChI is InChI=1S/C18H23N5S/c1-13-8-9-15(24-13)12-21-18(19-3)20-10-11-23-14(2)22-16-6-4-5-7-17(16)23/h4-9H,10-12H2,1-3H3,(H2,19,20,21). The molecule has 0 spiro atoms. The lowest BCUT2D eigenvalue weighted by Crippen LogP contribution is -2.38. The Morgan fingerprint density at radius 3 is 2.75 bits per heavy atom. The van der Waals surface area contributed by atoms with Crippen molar-refractivity contribution in [2.24, 2.45) is 4.99 Å². The van der Waals surface area contributed by atoms with Gasteiger partial charge in [0.15, 0.2) is 5.96 Å². The first kappa shape index (κ1) is 16.5. The highest BCUT2D eigenvalue weighted by Gasteiger charge is 2.06. The zero-order chi connectivity index (χ0) is 16.9. The quantitative estimate of drug-likeness (QED) is 0.554. The van der Waals surface area contributed by atoms with Crippen molar-refractivity contribution in [3.8, 4) is 0 Å². The molecule has 6 heteroatoms. The van der Waals surface area contributed by atoms with Crippen molar-refractivity contribution in [3.05, 3.63) is 52.0 Å². The molecule has 2 aromatic heterocycles. The van der Waals surface area contributed by atoms with E-state index in [0.717, 1.165) is 36.9 Å². The number of fused-ring (bicyclic) bond motifs is 1. The smallest absolute Gasteiger partial charge is 0.191 e. The van der Waals surface area contributed by atoms with Gasteiger partial charge in [0, 0.05) is 29.9 Å². The van der Waals surface area contributed by atoms with Crippen molar-refractivity contribution in [2.75, 3.05) is 13.6 Å². The van der Waals surface area contributed by atoms with Crippen molar-refractivity contribution >= 4 is 28.3 Å². The number of para-hydroxylation sites is 2. The molecule has 0 unspecified atom stereocenters. The summed E-state index contributed by atoms with van der Waals surface area (Å²) < 4.78 is 2.23. The molecule has 1 aromatic carbocycles. The highest BCUT2D eigenvalue weighted by atomic mass is 32.1. The first-order valence-electron chi connectivity index (χ1n) is 8.09. The van der Waals surface area contributed by atoms with Crippen LogP contribution in [0.15, 0.2) is 41.4 Å². The van der Waals surface area contributed by atoms with Gasteiger partial charge in [0.05, 0.1) is 17.6 Å². The summed E-state index contributed by atoms with van der Waals surface area (Å²) in [6, 6.07) is 12.5. The normalized spacial score (nSPS) is 11.9. The number of aryl methyl sites for hydroxylation is 2. The van der Waals surface area contributed by atoms with Gasteiger partial charge in [0.1, 0.15) is 5.82 Å².